The fourth-order valence-electron chi connectivity index (χ4n) is 1.91. The highest BCUT2D eigenvalue weighted by atomic mass is 16.5. The summed E-state index contributed by atoms with van der Waals surface area (Å²) in [5.74, 6) is 1.28. The van der Waals surface area contributed by atoms with E-state index in [4.69, 9.17) is 23.7 Å². The molecule has 0 radical (unpaired) electrons. The van der Waals surface area contributed by atoms with E-state index in [0.717, 1.165) is 0 Å². The molecule has 0 aromatic heterocycles. The van der Waals surface area contributed by atoms with Crippen molar-refractivity contribution in [2.24, 2.45) is 0 Å². The summed E-state index contributed by atoms with van der Waals surface area (Å²) in [6.45, 7) is 3.57. The minimum absolute atomic E-state index is 0.181. The number of rotatable bonds is 7. The van der Waals surface area contributed by atoms with Crippen LogP contribution in [0.5, 0.6) is 23.0 Å². The van der Waals surface area contributed by atoms with Crippen LogP contribution in [0.4, 0.5) is 0 Å². The molecule has 0 amide bonds. The Morgan fingerprint density at radius 3 is 2.00 bits per heavy atom. The number of esters is 1. The first-order chi connectivity index (χ1) is 10.5. The molecule has 0 aliphatic rings. The van der Waals surface area contributed by atoms with Crippen LogP contribution in [0.3, 0.4) is 0 Å². The van der Waals surface area contributed by atoms with Gasteiger partial charge < -0.3 is 23.7 Å². The van der Waals surface area contributed by atoms with E-state index in [9.17, 15) is 4.79 Å². The van der Waals surface area contributed by atoms with Crippen LogP contribution in [0, 0.1) is 0 Å². The molecule has 0 spiro atoms. The van der Waals surface area contributed by atoms with Gasteiger partial charge in [-0.1, -0.05) is 0 Å². The van der Waals surface area contributed by atoms with Gasteiger partial charge in [-0.3, -0.25) is 0 Å². The van der Waals surface area contributed by atoms with E-state index >= 15 is 0 Å². The first kappa shape index (κ1) is 17.7. The summed E-state index contributed by atoms with van der Waals surface area (Å²) < 4.78 is 26.3. The molecule has 0 N–H and O–H groups in total. The Morgan fingerprint density at radius 2 is 1.55 bits per heavy atom. The lowest BCUT2D eigenvalue weighted by Crippen LogP contribution is -2.08. The van der Waals surface area contributed by atoms with Crippen molar-refractivity contribution >= 4 is 12.0 Å². The molecule has 0 atom stereocenters. The predicted molar refractivity (Wildman–Crippen MR) is 82.9 cm³/mol. The fourth-order valence-corrected chi connectivity index (χ4v) is 1.91. The smallest absolute Gasteiger partial charge is 0.331 e. The Labute approximate surface area is 130 Å². The lowest BCUT2D eigenvalue weighted by atomic mass is 10.1. The van der Waals surface area contributed by atoms with Gasteiger partial charge in [-0.15, -0.1) is 0 Å². The van der Waals surface area contributed by atoms with Crippen molar-refractivity contribution in [2.75, 3.05) is 28.4 Å². The molecule has 0 fully saturated rings. The van der Waals surface area contributed by atoms with E-state index in [1.165, 1.54) is 34.5 Å². The van der Waals surface area contributed by atoms with Gasteiger partial charge in [0.1, 0.15) is 0 Å². The molecule has 0 unspecified atom stereocenters. The maximum Gasteiger partial charge on any atom is 0.331 e. The van der Waals surface area contributed by atoms with E-state index in [0.29, 0.717) is 28.6 Å². The molecule has 0 aliphatic carbocycles. The number of carbonyl (C=O) groups is 1. The first-order valence-corrected chi connectivity index (χ1v) is 6.74. The third kappa shape index (κ3) is 4.07. The quantitative estimate of drug-likeness (QED) is 0.570. The average Bonchev–Trinajstić information content (AvgIpc) is 2.50. The lowest BCUT2D eigenvalue weighted by molar-refractivity contribution is -0.141. The van der Waals surface area contributed by atoms with Crippen molar-refractivity contribution in [3.05, 3.63) is 17.7 Å². The Kier molecular flexibility index (Phi) is 6.56. The van der Waals surface area contributed by atoms with Crippen LogP contribution in [-0.4, -0.2) is 40.5 Å². The second-order valence-corrected chi connectivity index (χ2v) is 4.59. The zero-order valence-electron chi connectivity index (χ0n) is 13.8. The molecule has 0 saturated heterocycles. The number of hydrogen-bond donors (Lipinski definition) is 0. The molecule has 0 saturated carbocycles. The van der Waals surface area contributed by atoms with Crippen LogP contribution >= 0.6 is 0 Å². The minimum atomic E-state index is -0.439. The maximum atomic E-state index is 11.6. The fraction of sp³-hybridized carbons (Fsp3) is 0.438. The molecular weight excluding hydrogens is 288 g/mol. The highest BCUT2D eigenvalue weighted by molar-refractivity contribution is 5.88. The molecule has 0 aliphatic heterocycles. The molecule has 1 aromatic carbocycles. The Bertz CT molecular complexity index is 548. The van der Waals surface area contributed by atoms with E-state index in [1.807, 2.05) is 0 Å². The van der Waals surface area contributed by atoms with Gasteiger partial charge in [0.2, 0.25) is 11.5 Å². The molecule has 6 nitrogen and oxygen atoms in total. The van der Waals surface area contributed by atoms with Gasteiger partial charge in [-0.05, 0) is 26.0 Å². The molecule has 1 aromatic rings. The third-order valence-electron chi connectivity index (χ3n) is 2.77. The SMILES string of the molecule is COc1cc(C=CC(=O)OC(C)C)c(OC)c(OC)c1OC. The largest absolute Gasteiger partial charge is 0.493 e. The van der Waals surface area contributed by atoms with Crippen LogP contribution in [0.15, 0.2) is 12.1 Å². The van der Waals surface area contributed by atoms with Crippen LogP contribution in [0.2, 0.25) is 0 Å². The van der Waals surface area contributed by atoms with Crippen LogP contribution in [0.25, 0.3) is 6.08 Å². The van der Waals surface area contributed by atoms with Crippen LogP contribution < -0.4 is 18.9 Å². The predicted octanol–water partition coefficient (Wildman–Crippen LogP) is 2.69. The summed E-state index contributed by atoms with van der Waals surface area (Å²) in [4.78, 5) is 11.6. The van der Waals surface area contributed by atoms with Gasteiger partial charge in [0, 0.05) is 11.6 Å². The summed E-state index contributed by atoms with van der Waals surface area (Å²) in [7, 11) is 6.04. The summed E-state index contributed by atoms with van der Waals surface area (Å²) in [6, 6.07) is 1.69. The van der Waals surface area contributed by atoms with Gasteiger partial charge in [-0.25, -0.2) is 4.79 Å². The number of carbonyl (C=O) groups excluding carboxylic acids is 1. The zero-order chi connectivity index (χ0) is 16.7. The summed E-state index contributed by atoms with van der Waals surface area (Å²) in [5.41, 5.74) is 0.609. The number of ether oxygens (including phenoxy) is 5. The molecule has 22 heavy (non-hydrogen) atoms. The maximum absolute atomic E-state index is 11.6. The summed E-state index contributed by atoms with van der Waals surface area (Å²) in [6.07, 6.45) is 2.72. The first-order valence-electron chi connectivity index (χ1n) is 6.74. The van der Waals surface area contributed by atoms with Crippen molar-refractivity contribution in [2.45, 2.75) is 20.0 Å². The van der Waals surface area contributed by atoms with E-state index in [-0.39, 0.29) is 6.10 Å². The van der Waals surface area contributed by atoms with Crippen molar-refractivity contribution in [1.82, 2.24) is 0 Å². The van der Waals surface area contributed by atoms with Gasteiger partial charge >= 0.3 is 5.97 Å². The standard InChI is InChI=1S/C16H22O6/c1-10(2)22-13(17)8-7-11-9-12(18-3)15(20-5)16(21-6)14(11)19-4/h7-10H,1-6H3. The highest BCUT2D eigenvalue weighted by Crippen LogP contribution is 2.46. The van der Waals surface area contributed by atoms with Crippen LogP contribution in [-0.2, 0) is 9.53 Å². The molecular formula is C16H22O6. The minimum Gasteiger partial charge on any atom is -0.493 e. The summed E-state index contributed by atoms with van der Waals surface area (Å²) in [5, 5.41) is 0. The monoisotopic (exact) mass is 310 g/mol. The van der Waals surface area contributed by atoms with E-state index < -0.39 is 5.97 Å². The van der Waals surface area contributed by atoms with Crippen molar-refractivity contribution < 1.29 is 28.5 Å². The van der Waals surface area contributed by atoms with Crippen molar-refractivity contribution in [3.8, 4) is 23.0 Å². The van der Waals surface area contributed by atoms with Gasteiger partial charge in [0.25, 0.3) is 0 Å². The average molecular weight is 310 g/mol. The van der Waals surface area contributed by atoms with Crippen molar-refractivity contribution in [3.63, 3.8) is 0 Å². The van der Waals surface area contributed by atoms with E-state index in [2.05, 4.69) is 0 Å². The normalized spacial score (nSPS) is 10.7. The lowest BCUT2D eigenvalue weighted by Gasteiger charge is -2.17. The second kappa shape index (κ2) is 8.17. The third-order valence-corrected chi connectivity index (χ3v) is 2.77. The van der Waals surface area contributed by atoms with Crippen LogP contribution in [0.1, 0.15) is 19.4 Å². The number of hydrogen-bond acceptors (Lipinski definition) is 6. The molecule has 1 rings (SSSR count). The molecule has 0 bridgehead atoms. The van der Waals surface area contributed by atoms with Gasteiger partial charge in [0.05, 0.1) is 34.5 Å². The molecule has 0 heterocycles. The van der Waals surface area contributed by atoms with Crippen molar-refractivity contribution in [1.29, 1.82) is 0 Å². The second-order valence-electron chi connectivity index (χ2n) is 4.59. The number of benzene rings is 1. The van der Waals surface area contributed by atoms with E-state index in [1.54, 1.807) is 26.0 Å². The Morgan fingerprint density at radius 1 is 0.955 bits per heavy atom. The zero-order valence-corrected chi connectivity index (χ0v) is 13.8. The van der Waals surface area contributed by atoms with Gasteiger partial charge in [0.15, 0.2) is 11.5 Å². The Balaban J connectivity index is 3.29. The number of methoxy groups -OCH3 is 4. The van der Waals surface area contributed by atoms with Gasteiger partial charge in [-0.2, -0.15) is 0 Å². The summed E-state index contributed by atoms with van der Waals surface area (Å²) >= 11 is 0. The molecule has 122 valence electrons. The highest BCUT2D eigenvalue weighted by Gasteiger charge is 2.20. The topological polar surface area (TPSA) is 63.2 Å². The molecule has 6 heteroatoms. The Hall–Kier alpha value is -2.37.